The minimum Gasteiger partial charge on any atom is -0.504 e. The highest BCUT2D eigenvalue weighted by atomic mass is 16.5. The first-order valence-corrected chi connectivity index (χ1v) is 7.44. The molecule has 0 saturated carbocycles. The third-order valence-electron chi connectivity index (χ3n) is 4.07. The van der Waals surface area contributed by atoms with Gasteiger partial charge in [0.1, 0.15) is 0 Å². The number of rotatable bonds is 4. The summed E-state index contributed by atoms with van der Waals surface area (Å²) >= 11 is 0. The van der Waals surface area contributed by atoms with Gasteiger partial charge in [0.2, 0.25) is 0 Å². The first kappa shape index (κ1) is 15.9. The number of benzene rings is 2. The summed E-state index contributed by atoms with van der Waals surface area (Å²) in [5.74, 6) is 1.53. The van der Waals surface area contributed by atoms with Gasteiger partial charge in [-0.15, -0.1) is 0 Å². The topological polar surface area (TPSA) is 65.0 Å². The summed E-state index contributed by atoms with van der Waals surface area (Å²) in [5.41, 5.74) is 2.92. The molecule has 0 saturated heterocycles. The fourth-order valence-electron chi connectivity index (χ4n) is 2.85. The molecule has 0 aromatic heterocycles. The molecule has 3 rings (SSSR count). The maximum Gasteiger partial charge on any atom is 0.189 e. The lowest BCUT2D eigenvalue weighted by Gasteiger charge is -2.08. The first-order valence-electron chi connectivity index (χ1n) is 7.44. The molecule has 0 fully saturated rings. The Labute approximate surface area is 140 Å². The van der Waals surface area contributed by atoms with Gasteiger partial charge in [0.25, 0.3) is 0 Å². The minimum atomic E-state index is -0.0405. The number of phenols is 1. The number of methoxy groups -OCH3 is 3. The molecular formula is C19H18O5. The second-order valence-corrected chi connectivity index (χ2v) is 5.47. The van der Waals surface area contributed by atoms with Gasteiger partial charge in [0.05, 0.1) is 21.3 Å². The number of allylic oxidation sites excluding steroid dienone is 1. The van der Waals surface area contributed by atoms with Crippen molar-refractivity contribution < 1.29 is 24.1 Å². The molecule has 1 aliphatic carbocycles. The van der Waals surface area contributed by atoms with E-state index in [2.05, 4.69) is 0 Å². The molecule has 0 unspecified atom stereocenters. The van der Waals surface area contributed by atoms with Crippen LogP contribution < -0.4 is 14.2 Å². The number of carbonyl (C=O) groups is 1. The Morgan fingerprint density at radius 1 is 0.958 bits per heavy atom. The van der Waals surface area contributed by atoms with E-state index >= 15 is 0 Å². The van der Waals surface area contributed by atoms with E-state index in [0.717, 1.165) is 11.1 Å². The zero-order valence-corrected chi connectivity index (χ0v) is 13.8. The van der Waals surface area contributed by atoms with E-state index in [1.165, 1.54) is 7.11 Å². The van der Waals surface area contributed by atoms with Crippen LogP contribution in [-0.4, -0.2) is 32.2 Å². The van der Waals surface area contributed by atoms with E-state index in [4.69, 9.17) is 14.2 Å². The van der Waals surface area contributed by atoms with Crippen LogP contribution in [-0.2, 0) is 6.42 Å². The van der Waals surface area contributed by atoms with Crippen LogP contribution in [0.2, 0.25) is 0 Å². The average Bonchev–Trinajstić information content (AvgIpc) is 2.89. The number of hydrogen-bond acceptors (Lipinski definition) is 5. The minimum absolute atomic E-state index is 0.0400. The van der Waals surface area contributed by atoms with Gasteiger partial charge in [0.15, 0.2) is 28.8 Å². The van der Waals surface area contributed by atoms with Gasteiger partial charge in [-0.05, 0) is 41.5 Å². The molecule has 124 valence electrons. The maximum atomic E-state index is 12.6. The summed E-state index contributed by atoms with van der Waals surface area (Å²) in [6.45, 7) is 0. The zero-order chi connectivity index (χ0) is 17.3. The zero-order valence-electron chi connectivity index (χ0n) is 13.8. The highest BCUT2D eigenvalue weighted by molar-refractivity contribution is 6.16. The average molecular weight is 326 g/mol. The Morgan fingerprint density at radius 2 is 1.62 bits per heavy atom. The molecule has 0 atom stereocenters. The monoisotopic (exact) mass is 326 g/mol. The summed E-state index contributed by atoms with van der Waals surface area (Å²) in [7, 11) is 4.60. The number of phenolic OH excluding ortho intramolecular Hbond substituents is 1. The lowest BCUT2D eigenvalue weighted by Crippen LogP contribution is -1.97. The highest BCUT2D eigenvalue weighted by Gasteiger charge is 2.27. The molecule has 0 spiro atoms. The smallest absolute Gasteiger partial charge is 0.189 e. The van der Waals surface area contributed by atoms with E-state index in [-0.39, 0.29) is 11.5 Å². The van der Waals surface area contributed by atoms with Crippen molar-refractivity contribution in [1.82, 2.24) is 0 Å². The van der Waals surface area contributed by atoms with Crippen molar-refractivity contribution in [3.63, 3.8) is 0 Å². The largest absolute Gasteiger partial charge is 0.504 e. The third kappa shape index (κ3) is 2.69. The molecule has 2 aromatic carbocycles. The van der Waals surface area contributed by atoms with Crippen LogP contribution in [0.15, 0.2) is 35.9 Å². The number of carbonyl (C=O) groups excluding carboxylic acids is 1. The van der Waals surface area contributed by atoms with Gasteiger partial charge in [-0.25, -0.2) is 0 Å². The number of Topliss-reactive ketones (excluding diaryl/α,β-unsaturated/α-hetero) is 1. The predicted molar refractivity (Wildman–Crippen MR) is 90.2 cm³/mol. The lowest BCUT2D eigenvalue weighted by molar-refractivity contribution is 0.104. The van der Waals surface area contributed by atoms with Gasteiger partial charge < -0.3 is 19.3 Å². The Balaban J connectivity index is 1.97. The van der Waals surface area contributed by atoms with Gasteiger partial charge in [0, 0.05) is 17.6 Å². The van der Waals surface area contributed by atoms with E-state index < -0.39 is 0 Å². The van der Waals surface area contributed by atoms with Crippen LogP contribution in [0.1, 0.15) is 21.5 Å². The standard InChI is InChI=1S/C19H18O5/c1-22-16-5-4-11(7-15(16)20)6-13-8-12-9-17(23-2)18(24-3)10-14(12)19(13)21/h4-7,9-10,20H,8H2,1-3H3. The van der Waals surface area contributed by atoms with E-state index in [1.807, 2.05) is 6.07 Å². The normalized spacial score (nSPS) is 14.6. The SMILES string of the molecule is COc1ccc(C=C2Cc3cc(OC)c(OC)cc3C2=O)cc1O. The Bertz CT molecular complexity index is 836. The lowest BCUT2D eigenvalue weighted by atomic mass is 10.1. The molecule has 0 radical (unpaired) electrons. The number of fused-ring (bicyclic) bond motifs is 1. The van der Waals surface area contributed by atoms with Gasteiger partial charge in [-0.2, -0.15) is 0 Å². The predicted octanol–water partition coefficient (Wildman–Crippen LogP) is 3.24. The van der Waals surface area contributed by atoms with Gasteiger partial charge >= 0.3 is 0 Å². The highest BCUT2D eigenvalue weighted by Crippen LogP contribution is 2.37. The van der Waals surface area contributed by atoms with Gasteiger partial charge in [-0.1, -0.05) is 6.07 Å². The van der Waals surface area contributed by atoms with Crippen molar-refractivity contribution in [2.45, 2.75) is 6.42 Å². The van der Waals surface area contributed by atoms with E-state index in [1.54, 1.807) is 44.6 Å². The Kier molecular flexibility index (Phi) is 4.16. The van der Waals surface area contributed by atoms with E-state index in [9.17, 15) is 9.90 Å². The maximum absolute atomic E-state index is 12.6. The molecule has 0 bridgehead atoms. The van der Waals surface area contributed by atoms with Crippen LogP contribution in [0, 0.1) is 0 Å². The fraction of sp³-hybridized carbons (Fsp3) is 0.211. The third-order valence-corrected chi connectivity index (χ3v) is 4.07. The van der Waals surface area contributed by atoms with Crippen molar-refractivity contribution in [3.8, 4) is 23.0 Å². The molecule has 0 aliphatic heterocycles. The molecular weight excluding hydrogens is 308 g/mol. The molecule has 0 amide bonds. The van der Waals surface area contributed by atoms with Crippen LogP contribution in [0.5, 0.6) is 23.0 Å². The van der Waals surface area contributed by atoms with Gasteiger partial charge in [-0.3, -0.25) is 4.79 Å². The van der Waals surface area contributed by atoms with Crippen LogP contribution in [0.3, 0.4) is 0 Å². The summed E-state index contributed by atoms with van der Waals surface area (Å²) in [5, 5.41) is 9.87. The van der Waals surface area contributed by atoms with Crippen LogP contribution in [0.25, 0.3) is 6.08 Å². The van der Waals surface area contributed by atoms with Crippen LogP contribution in [0.4, 0.5) is 0 Å². The molecule has 1 aliphatic rings. The molecule has 1 N–H and O–H groups in total. The molecule has 2 aromatic rings. The number of ether oxygens (including phenoxy) is 3. The van der Waals surface area contributed by atoms with Crippen molar-refractivity contribution in [2.24, 2.45) is 0 Å². The quantitative estimate of drug-likeness (QED) is 0.874. The van der Waals surface area contributed by atoms with Crippen molar-refractivity contribution in [3.05, 3.63) is 52.6 Å². The Morgan fingerprint density at radius 3 is 2.25 bits per heavy atom. The number of hydrogen-bond donors (Lipinski definition) is 1. The fourth-order valence-corrected chi connectivity index (χ4v) is 2.85. The second-order valence-electron chi connectivity index (χ2n) is 5.47. The van der Waals surface area contributed by atoms with E-state index in [0.29, 0.717) is 34.8 Å². The molecule has 0 heterocycles. The van der Waals surface area contributed by atoms with Crippen LogP contribution >= 0.6 is 0 Å². The summed E-state index contributed by atoms with van der Waals surface area (Å²) in [4.78, 5) is 12.6. The molecule has 5 heteroatoms. The Hall–Kier alpha value is -2.95. The summed E-state index contributed by atoms with van der Waals surface area (Å²) < 4.78 is 15.6. The first-order chi connectivity index (χ1) is 11.6. The van der Waals surface area contributed by atoms with Crippen molar-refractivity contribution in [2.75, 3.05) is 21.3 Å². The second kappa shape index (κ2) is 6.28. The summed E-state index contributed by atoms with van der Waals surface area (Å²) in [6, 6.07) is 8.58. The van der Waals surface area contributed by atoms with Crippen molar-refractivity contribution in [1.29, 1.82) is 0 Å². The number of ketones is 1. The summed E-state index contributed by atoms with van der Waals surface area (Å²) in [6.07, 6.45) is 2.29. The molecule has 5 nitrogen and oxygen atoms in total. The van der Waals surface area contributed by atoms with Crippen molar-refractivity contribution >= 4 is 11.9 Å². The molecule has 24 heavy (non-hydrogen) atoms. The number of aromatic hydroxyl groups is 1.